The lowest BCUT2D eigenvalue weighted by Crippen LogP contribution is -2.34. The molecule has 0 bridgehead atoms. The molecule has 0 spiro atoms. The molecule has 3 nitrogen and oxygen atoms in total. The Hall–Kier alpha value is -1.06. The number of nitrogens with two attached hydrogens (primary N) is 1. The highest BCUT2D eigenvalue weighted by Gasteiger charge is 2.22. The van der Waals surface area contributed by atoms with E-state index in [1.54, 1.807) is 0 Å². The van der Waals surface area contributed by atoms with Gasteiger partial charge in [-0.2, -0.15) is 0 Å². The molecule has 2 rings (SSSR count). The SMILES string of the molecule is Cl.N[C@H](CC1CCCCC1)C(=O)OCc1ccccc1. The van der Waals surface area contributed by atoms with E-state index in [9.17, 15) is 4.79 Å². The molecule has 4 heteroatoms. The van der Waals surface area contributed by atoms with Crippen molar-refractivity contribution in [3.63, 3.8) is 0 Å². The summed E-state index contributed by atoms with van der Waals surface area (Å²) in [6.45, 7) is 0.317. The monoisotopic (exact) mass is 297 g/mol. The molecule has 1 aliphatic rings. The van der Waals surface area contributed by atoms with E-state index in [4.69, 9.17) is 10.5 Å². The van der Waals surface area contributed by atoms with Crippen LogP contribution in [-0.2, 0) is 16.1 Å². The average Bonchev–Trinajstić information content (AvgIpc) is 2.47. The third-order valence-corrected chi connectivity index (χ3v) is 3.84. The van der Waals surface area contributed by atoms with Gasteiger partial charge in [-0.15, -0.1) is 12.4 Å². The lowest BCUT2D eigenvalue weighted by Gasteiger charge is -2.23. The Balaban J connectivity index is 0.00000200. The average molecular weight is 298 g/mol. The second kappa shape index (κ2) is 8.98. The van der Waals surface area contributed by atoms with Crippen molar-refractivity contribution < 1.29 is 9.53 Å². The maximum atomic E-state index is 11.8. The Labute approximate surface area is 127 Å². The third-order valence-electron chi connectivity index (χ3n) is 3.84. The van der Waals surface area contributed by atoms with Gasteiger partial charge in [0.1, 0.15) is 12.6 Å². The molecule has 0 amide bonds. The lowest BCUT2D eigenvalue weighted by molar-refractivity contribution is -0.147. The number of hydrogen-bond donors (Lipinski definition) is 1. The van der Waals surface area contributed by atoms with Crippen LogP contribution in [0.3, 0.4) is 0 Å². The van der Waals surface area contributed by atoms with Crippen molar-refractivity contribution in [2.75, 3.05) is 0 Å². The quantitative estimate of drug-likeness (QED) is 0.847. The van der Waals surface area contributed by atoms with E-state index in [1.165, 1.54) is 32.1 Å². The van der Waals surface area contributed by atoms with E-state index < -0.39 is 6.04 Å². The van der Waals surface area contributed by atoms with Crippen LogP contribution in [0, 0.1) is 5.92 Å². The molecular formula is C16H24ClNO2. The third kappa shape index (κ3) is 5.51. The number of halogens is 1. The number of ether oxygens (including phenoxy) is 1. The van der Waals surface area contributed by atoms with E-state index >= 15 is 0 Å². The minimum atomic E-state index is -0.466. The molecule has 1 aliphatic carbocycles. The van der Waals surface area contributed by atoms with Gasteiger partial charge < -0.3 is 10.5 Å². The van der Waals surface area contributed by atoms with Crippen LogP contribution in [0.25, 0.3) is 0 Å². The summed E-state index contributed by atoms with van der Waals surface area (Å²) in [5.41, 5.74) is 6.94. The van der Waals surface area contributed by atoms with Crippen molar-refractivity contribution in [1.29, 1.82) is 0 Å². The zero-order valence-corrected chi connectivity index (χ0v) is 12.6. The number of carbonyl (C=O) groups excluding carboxylic acids is 1. The van der Waals surface area contributed by atoms with Gasteiger partial charge in [0, 0.05) is 0 Å². The molecule has 0 aromatic heterocycles. The molecule has 1 aromatic carbocycles. The van der Waals surface area contributed by atoms with Crippen molar-refractivity contribution >= 4 is 18.4 Å². The molecule has 0 unspecified atom stereocenters. The van der Waals surface area contributed by atoms with Crippen molar-refractivity contribution in [1.82, 2.24) is 0 Å². The van der Waals surface area contributed by atoms with Gasteiger partial charge in [-0.25, -0.2) is 0 Å². The van der Waals surface area contributed by atoms with Gasteiger partial charge in [0.2, 0.25) is 0 Å². The van der Waals surface area contributed by atoms with Crippen molar-refractivity contribution in [2.45, 2.75) is 51.2 Å². The van der Waals surface area contributed by atoms with Crippen molar-refractivity contribution in [3.8, 4) is 0 Å². The smallest absolute Gasteiger partial charge is 0.323 e. The highest BCUT2D eigenvalue weighted by molar-refractivity contribution is 5.85. The maximum Gasteiger partial charge on any atom is 0.323 e. The van der Waals surface area contributed by atoms with Crippen molar-refractivity contribution in [2.24, 2.45) is 11.7 Å². The second-order valence-corrected chi connectivity index (χ2v) is 5.44. The number of carbonyl (C=O) groups is 1. The zero-order chi connectivity index (χ0) is 13.5. The van der Waals surface area contributed by atoms with Crippen molar-refractivity contribution in [3.05, 3.63) is 35.9 Å². The van der Waals surface area contributed by atoms with Gasteiger partial charge in [0.15, 0.2) is 0 Å². The molecule has 0 aliphatic heterocycles. The Kier molecular flexibility index (Phi) is 7.63. The summed E-state index contributed by atoms with van der Waals surface area (Å²) in [6.07, 6.45) is 7.06. The number of esters is 1. The van der Waals surface area contributed by atoms with Crippen LogP contribution in [0.2, 0.25) is 0 Å². The Morgan fingerprint density at radius 3 is 2.50 bits per heavy atom. The molecule has 20 heavy (non-hydrogen) atoms. The van der Waals surface area contributed by atoms with Crippen LogP contribution < -0.4 is 5.73 Å². The van der Waals surface area contributed by atoms with E-state index in [0.717, 1.165) is 12.0 Å². The van der Waals surface area contributed by atoms with Crippen LogP contribution in [0.15, 0.2) is 30.3 Å². The molecule has 0 saturated heterocycles. The fourth-order valence-electron chi connectivity index (χ4n) is 2.71. The van der Waals surface area contributed by atoms with Gasteiger partial charge >= 0.3 is 5.97 Å². The van der Waals surface area contributed by atoms with E-state index in [2.05, 4.69) is 0 Å². The predicted octanol–water partition coefficient (Wildman–Crippen LogP) is 3.45. The summed E-state index contributed by atoms with van der Waals surface area (Å²) in [5, 5.41) is 0. The molecule has 2 N–H and O–H groups in total. The topological polar surface area (TPSA) is 52.3 Å². The summed E-state index contributed by atoms with van der Waals surface area (Å²) in [6, 6.07) is 9.24. The molecule has 1 aromatic rings. The summed E-state index contributed by atoms with van der Waals surface area (Å²) in [7, 11) is 0. The second-order valence-electron chi connectivity index (χ2n) is 5.44. The Morgan fingerprint density at radius 1 is 1.20 bits per heavy atom. The first-order valence-electron chi connectivity index (χ1n) is 7.22. The van der Waals surface area contributed by atoms with Gasteiger partial charge in [0.25, 0.3) is 0 Å². The summed E-state index contributed by atoms with van der Waals surface area (Å²) in [4.78, 5) is 11.8. The van der Waals surface area contributed by atoms with Gasteiger partial charge in [0.05, 0.1) is 0 Å². The summed E-state index contributed by atoms with van der Waals surface area (Å²) < 4.78 is 5.27. The standard InChI is InChI=1S/C16H23NO2.ClH/c17-15(11-13-7-3-1-4-8-13)16(18)19-12-14-9-5-2-6-10-14;/h2,5-6,9-10,13,15H,1,3-4,7-8,11-12,17H2;1H/t15-;/m1./s1. The normalized spacial score (nSPS) is 17.1. The Morgan fingerprint density at radius 2 is 1.85 bits per heavy atom. The zero-order valence-electron chi connectivity index (χ0n) is 11.8. The number of benzene rings is 1. The van der Waals surface area contributed by atoms with E-state index in [-0.39, 0.29) is 18.4 Å². The fourth-order valence-corrected chi connectivity index (χ4v) is 2.71. The summed E-state index contributed by atoms with van der Waals surface area (Å²) >= 11 is 0. The molecule has 1 atom stereocenters. The number of hydrogen-bond acceptors (Lipinski definition) is 3. The fraction of sp³-hybridized carbons (Fsp3) is 0.562. The van der Waals surface area contributed by atoms with Crippen LogP contribution >= 0.6 is 12.4 Å². The molecule has 0 radical (unpaired) electrons. The van der Waals surface area contributed by atoms with E-state index in [1.807, 2.05) is 30.3 Å². The summed E-state index contributed by atoms with van der Waals surface area (Å²) in [5.74, 6) is 0.336. The predicted molar refractivity (Wildman–Crippen MR) is 82.7 cm³/mol. The van der Waals surface area contributed by atoms with Crippen LogP contribution in [0.1, 0.15) is 44.1 Å². The molecule has 0 heterocycles. The van der Waals surface area contributed by atoms with Crippen LogP contribution in [-0.4, -0.2) is 12.0 Å². The number of rotatable bonds is 5. The first-order chi connectivity index (χ1) is 9.25. The molecule has 112 valence electrons. The molecule has 1 saturated carbocycles. The molecular weight excluding hydrogens is 274 g/mol. The van der Waals surface area contributed by atoms with Gasteiger partial charge in [-0.05, 0) is 17.9 Å². The first kappa shape index (κ1) is 17.0. The van der Waals surface area contributed by atoms with Gasteiger partial charge in [-0.1, -0.05) is 62.4 Å². The minimum absolute atomic E-state index is 0. The minimum Gasteiger partial charge on any atom is -0.460 e. The maximum absolute atomic E-state index is 11.8. The Bertz CT molecular complexity index is 391. The molecule has 1 fully saturated rings. The first-order valence-corrected chi connectivity index (χ1v) is 7.22. The van der Waals surface area contributed by atoms with E-state index in [0.29, 0.717) is 12.5 Å². The largest absolute Gasteiger partial charge is 0.460 e. The van der Waals surface area contributed by atoms with Crippen LogP contribution in [0.5, 0.6) is 0 Å². The highest BCUT2D eigenvalue weighted by Crippen LogP contribution is 2.27. The van der Waals surface area contributed by atoms with Crippen LogP contribution in [0.4, 0.5) is 0 Å². The highest BCUT2D eigenvalue weighted by atomic mass is 35.5. The lowest BCUT2D eigenvalue weighted by atomic mass is 9.85. The van der Waals surface area contributed by atoms with Gasteiger partial charge in [-0.3, -0.25) is 4.79 Å².